The topological polar surface area (TPSA) is 63.7 Å². The number of carbonyl (C=O) groups is 3. The van der Waals surface area contributed by atoms with Crippen LogP contribution in [0.4, 0.5) is 5.69 Å². The van der Waals surface area contributed by atoms with Crippen LogP contribution in [-0.2, 0) is 4.74 Å². The van der Waals surface area contributed by atoms with E-state index in [0.717, 1.165) is 30.4 Å². The van der Waals surface area contributed by atoms with Gasteiger partial charge in [0.25, 0.3) is 11.8 Å². The molecule has 1 aliphatic heterocycles. The Morgan fingerprint density at radius 1 is 1.00 bits per heavy atom. The van der Waals surface area contributed by atoms with Gasteiger partial charge in [-0.3, -0.25) is 9.59 Å². The highest BCUT2D eigenvalue weighted by Gasteiger charge is 2.39. The quantitative estimate of drug-likeness (QED) is 0.457. The van der Waals surface area contributed by atoms with Crippen molar-refractivity contribution >= 4 is 23.5 Å². The molecule has 2 aromatic rings. The second-order valence-electron chi connectivity index (χ2n) is 9.77. The van der Waals surface area contributed by atoms with Crippen LogP contribution >= 0.6 is 0 Å². The maximum absolute atomic E-state index is 13.2. The first-order valence-corrected chi connectivity index (χ1v) is 11.5. The molecule has 3 atom stereocenters. The standard InChI is InChI=1S/C27H31NO4/c1-15(2)20-10-7-17(4)13-24(20)32-27(31)19-9-11-21-22(14-19)26(30)28(25(21)29)23-12-16(3)6-8-18(23)5/h6,8-9,11-12,14-15,17,20,24H,7,10,13H2,1-5H3/t17-,20-,24+/m0/s1. The summed E-state index contributed by atoms with van der Waals surface area (Å²) in [5, 5.41) is 0. The van der Waals surface area contributed by atoms with E-state index in [1.807, 2.05) is 32.0 Å². The fourth-order valence-electron chi connectivity index (χ4n) is 5.00. The van der Waals surface area contributed by atoms with Crippen molar-refractivity contribution in [3.63, 3.8) is 0 Å². The SMILES string of the molecule is Cc1ccc(C)c(N2C(=O)c3ccc(C(=O)O[C@@H]4C[C@@H](C)CC[C@H]4C(C)C)cc3C2=O)c1. The lowest BCUT2D eigenvalue weighted by atomic mass is 9.75. The van der Waals surface area contributed by atoms with E-state index in [9.17, 15) is 14.4 Å². The molecule has 2 aromatic carbocycles. The summed E-state index contributed by atoms with van der Waals surface area (Å²) in [5.41, 5.74) is 3.27. The highest BCUT2D eigenvalue weighted by Crippen LogP contribution is 2.36. The Bertz CT molecular complexity index is 1090. The van der Waals surface area contributed by atoms with Gasteiger partial charge in [-0.05, 0) is 79.8 Å². The molecule has 5 heteroatoms. The summed E-state index contributed by atoms with van der Waals surface area (Å²) in [5.74, 6) is 0.105. The van der Waals surface area contributed by atoms with Gasteiger partial charge in [0.05, 0.1) is 22.4 Å². The lowest BCUT2D eigenvalue weighted by Crippen LogP contribution is -2.35. The van der Waals surface area contributed by atoms with E-state index in [1.165, 1.54) is 11.0 Å². The summed E-state index contributed by atoms with van der Waals surface area (Å²) in [4.78, 5) is 40.4. The van der Waals surface area contributed by atoms with E-state index in [1.54, 1.807) is 12.1 Å². The van der Waals surface area contributed by atoms with Gasteiger partial charge in [0.15, 0.2) is 0 Å². The summed E-state index contributed by atoms with van der Waals surface area (Å²) in [6, 6.07) is 10.4. The van der Waals surface area contributed by atoms with E-state index in [-0.39, 0.29) is 17.6 Å². The van der Waals surface area contributed by atoms with E-state index in [4.69, 9.17) is 4.74 Å². The largest absolute Gasteiger partial charge is 0.458 e. The second-order valence-corrected chi connectivity index (χ2v) is 9.77. The third kappa shape index (κ3) is 3.96. The number of aryl methyl sites for hydroxylation is 2. The molecule has 1 saturated carbocycles. The average molecular weight is 434 g/mol. The molecular formula is C27H31NO4. The molecule has 5 nitrogen and oxygen atoms in total. The van der Waals surface area contributed by atoms with Crippen molar-refractivity contribution in [2.75, 3.05) is 4.90 Å². The van der Waals surface area contributed by atoms with E-state index < -0.39 is 11.9 Å². The van der Waals surface area contributed by atoms with Gasteiger partial charge in [0.1, 0.15) is 6.10 Å². The summed E-state index contributed by atoms with van der Waals surface area (Å²) >= 11 is 0. The number of rotatable bonds is 4. The van der Waals surface area contributed by atoms with Crippen molar-refractivity contribution < 1.29 is 19.1 Å². The van der Waals surface area contributed by atoms with E-state index in [2.05, 4.69) is 20.8 Å². The van der Waals surface area contributed by atoms with Crippen molar-refractivity contribution in [2.45, 2.75) is 60.0 Å². The van der Waals surface area contributed by atoms with E-state index in [0.29, 0.717) is 34.6 Å². The summed E-state index contributed by atoms with van der Waals surface area (Å²) in [6.07, 6.45) is 2.94. The Hall–Kier alpha value is -2.95. The Morgan fingerprint density at radius 3 is 2.44 bits per heavy atom. The molecule has 0 bridgehead atoms. The number of amides is 2. The molecule has 32 heavy (non-hydrogen) atoms. The van der Waals surface area contributed by atoms with Crippen molar-refractivity contribution in [1.29, 1.82) is 0 Å². The molecule has 0 aromatic heterocycles. The molecular weight excluding hydrogens is 402 g/mol. The van der Waals surface area contributed by atoms with Crippen LogP contribution in [0.15, 0.2) is 36.4 Å². The number of hydrogen-bond acceptors (Lipinski definition) is 4. The molecule has 1 fully saturated rings. The molecule has 0 N–H and O–H groups in total. The molecule has 0 saturated heterocycles. The fraction of sp³-hybridized carbons (Fsp3) is 0.444. The maximum Gasteiger partial charge on any atom is 0.338 e. The van der Waals surface area contributed by atoms with Crippen LogP contribution in [0.25, 0.3) is 0 Å². The maximum atomic E-state index is 13.2. The molecule has 0 spiro atoms. The monoisotopic (exact) mass is 433 g/mol. The smallest absolute Gasteiger partial charge is 0.338 e. The minimum atomic E-state index is -0.428. The summed E-state index contributed by atoms with van der Waals surface area (Å²) in [6.45, 7) is 10.3. The van der Waals surface area contributed by atoms with Crippen LogP contribution in [0.3, 0.4) is 0 Å². The number of anilines is 1. The number of esters is 1. The minimum absolute atomic E-state index is 0.122. The molecule has 1 aliphatic carbocycles. The first-order valence-electron chi connectivity index (χ1n) is 11.5. The predicted octanol–water partition coefficient (Wildman–Crippen LogP) is 5.72. The highest BCUT2D eigenvalue weighted by molar-refractivity contribution is 6.35. The third-order valence-corrected chi connectivity index (χ3v) is 6.95. The van der Waals surface area contributed by atoms with Crippen LogP contribution < -0.4 is 4.90 Å². The molecule has 4 rings (SSSR count). The lowest BCUT2D eigenvalue weighted by Gasteiger charge is -2.36. The van der Waals surface area contributed by atoms with Gasteiger partial charge in [-0.25, -0.2) is 9.69 Å². The Labute approximate surface area is 189 Å². The molecule has 1 heterocycles. The second kappa shape index (κ2) is 8.53. The van der Waals surface area contributed by atoms with Crippen molar-refractivity contribution in [3.05, 3.63) is 64.2 Å². The zero-order chi connectivity index (χ0) is 23.2. The minimum Gasteiger partial charge on any atom is -0.458 e. The first-order chi connectivity index (χ1) is 15.2. The number of ether oxygens (including phenoxy) is 1. The van der Waals surface area contributed by atoms with Gasteiger partial charge in [-0.2, -0.15) is 0 Å². The van der Waals surface area contributed by atoms with E-state index >= 15 is 0 Å². The van der Waals surface area contributed by atoms with Crippen LogP contribution in [0.5, 0.6) is 0 Å². The normalized spacial score (nSPS) is 22.9. The van der Waals surface area contributed by atoms with Crippen molar-refractivity contribution in [3.8, 4) is 0 Å². The highest BCUT2D eigenvalue weighted by atomic mass is 16.5. The zero-order valence-electron chi connectivity index (χ0n) is 19.5. The number of imide groups is 1. The Morgan fingerprint density at radius 2 is 1.72 bits per heavy atom. The van der Waals surface area contributed by atoms with Crippen LogP contribution in [0, 0.1) is 31.6 Å². The van der Waals surface area contributed by atoms with Crippen molar-refractivity contribution in [1.82, 2.24) is 0 Å². The number of hydrogen-bond donors (Lipinski definition) is 0. The Balaban J connectivity index is 1.60. The average Bonchev–Trinajstić information content (AvgIpc) is 2.99. The molecule has 0 unspecified atom stereocenters. The number of benzene rings is 2. The Kier molecular flexibility index (Phi) is 5.93. The fourth-order valence-corrected chi connectivity index (χ4v) is 5.00. The number of fused-ring (bicyclic) bond motifs is 1. The summed E-state index contributed by atoms with van der Waals surface area (Å²) < 4.78 is 5.94. The van der Waals surface area contributed by atoms with Crippen LogP contribution in [0.1, 0.15) is 82.2 Å². The zero-order valence-corrected chi connectivity index (χ0v) is 19.5. The van der Waals surface area contributed by atoms with Crippen LogP contribution in [-0.4, -0.2) is 23.9 Å². The summed E-state index contributed by atoms with van der Waals surface area (Å²) in [7, 11) is 0. The van der Waals surface area contributed by atoms with Crippen LogP contribution in [0.2, 0.25) is 0 Å². The van der Waals surface area contributed by atoms with Gasteiger partial charge in [-0.15, -0.1) is 0 Å². The molecule has 2 aliphatic rings. The predicted molar refractivity (Wildman–Crippen MR) is 124 cm³/mol. The van der Waals surface area contributed by atoms with Gasteiger partial charge < -0.3 is 4.74 Å². The van der Waals surface area contributed by atoms with Gasteiger partial charge in [0.2, 0.25) is 0 Å². The van der Waals surface area contributed by atoms with Gasteiger partial charge in [0, 0.05) is 0 Å². The van der Waals surface area contributed by atoms with Gasteiger partial charge in [-0.1, -0.05) is 39.3 Å². The third-order valence-electron chi connectivity index (χ3n) is 6.95. The molecule has 0 radical (unpaired) electrons. The van der Waals surface area contributed by atoms with Gasteiger partial charge >= 0.3 is 5.97 Å². The number of nitrogens with zero attached hydrogens (tertiary/aromatic N) is 1. The van der Waals surface area contributed by atoms with Crippen molar-refractivity contribution in [2.24, 2.45) is 17.8 Å². The molecule has 2 amide bonds. The molecule has 168 valence electrons. The first kappa shape index (κ1) is 22.3. The lowest BCUT2D eigenvalue weighted by molar-refractivity contribution is -0.0174. The number of carbonyl (C=O) groups excluding carboxylic acids is 3.